The van der Waals surface area contributed by atoms with Crippen LogP contribution in [0.5, 0.6) is 0 Å². The highest BCUT2D eigenvalue weighted by atomic mass is 127. The molecule has 27 heavy (non-hydrogen) atoms. The van der Waals surface area contributed by atoms with Gasteiger partial charge in [0.25, 0.3) is 0 Å². The molecule has 0 radical (unpaired) electrons. The van der Waals surface area contributed by atoms with E-state index in [1.54, 1.807) is 6.07 Å². The molecule has 2 aromatic rings. The molecule has 3 rings (SSSR count). The van der Waals surface area contributed by atoms with Crippen LogP contribution in [0.3, 0.4) is 0 Å². The van der Waals surface area contributed by atoms with Crippen LogP contribution in [-0.2, 0) is 4.74 Å². The van der Waals surface area contributed by atoms with E-state index in [9.17, 15) is 18.7 Å². The van der Waals surface area contributed by atoms with Gasteiger partial charge in [0.1, 0.15) is 23.6 Å². The van der Waals surface area contributed by atoms with Gasteiger partial charge in [-0.05, 0) is 60.1 Å². The molecule has 9 heteroatoms. The molecule has 144 valence electrons. The van der Waals surface area contributed by atoms with Crippen molar-refractivity contribution in [3.8, 4) is 0 Å². The second-order valence-electron chi connectivity index (χ2n) is 6.32. The standard InChI is InChI=1S/C18H18F2IN3O3/c19-10-6-9(21)4-5-13(10)24-14-8-23-7-11(20)16(14)18(26)27-15-3-1-2-12(22)17(15)25/h4-8,12,15,17,24-25H,1-3,22H2/t12-,15-,17+/m1/s1. The number of esters is 1. The van der Waals surface area contributed by atoms with Crippen molar-refractivity contribution in [3.63, 3.8) is 0 Å². The lowest BCUT2D eigenvalue weighted by molar-refractivity contribution is -0.0439. The Morgan fingerprint density at radius 1 is 1.26 bits per heavy atom. The fourth-order valence-electron chi connectivity index (χ4n) is 2.97. The Hall–Kier alpha value is -1.85. The minimum Gasteiger partial charge on any atom is -0.456 e. The Morgan fingerprint density at radius 3 is 2.78 bits per heavy atom. The van der Waals surface area contributed by atoms with Crippen LogP contribution in [0.15, 0.2) is 30.6 Å². The largest absolute Gasteiger partial charge is 0.456 e. The number of rotatable bonds is 4. The molecule has 0 spiro atoms. The number of aromatic nitrogens is 1. The van der Waals surface area contributed by atoms with E-state index in [-0.39, 0.29) is 11.4 Å². The molecular formula is C18H18F2IN3O3. The summed E-state index contributed by atoms with van der Waals surface area (Å²) in [7, 11) is 0. The maximum absolute atomic E-state index is 14.3. The summed E-state index contributed by atoms with van der Waals surface area (Å²) >= 11 is 1.96. The first-order valence-corrected chi connectivity index (χ1v) is 9.45. The maximum atomic E-state index is 14.3. The number of benzene rings is 1. The minimum absolute atomic E-state index is 0.0327. The van der Waals surface area contributed by atoms with Gasteiger partial charge in [0.2, 0.25) is 0 Å². The molecule has 0 saturated heterocycles. The molecule has 1 aliphatic rings. The summed E-state index contributed by atoms with van der Waals surface area (Å²) in [5, 5.41) is 12.8. The van der Waals surface area contributed by atoms with E-state index >= 15 is 0 Å². The third kappa shape index (κ3) is 4.53. The van der Waals surface area contributed by atoms with Gasteiger partial charge in [-0.1, -0.05) is 0 Å². The Bertz CT molecular complexity index is 853. The van der Waals surface area contributed by atoms with Gasteiger partial charge in [-0.25, -0.2) is 13.6 Å². The number of hydrogen-bond acceptors (Lipinski definition) is 6. The summed E-state index contributed by atoms with van der Waals surface area (Å²) in [6.07, 6.45) is 1.98. The van der Waals surface area contributed by atoms with Crippen LogP contribution >= 0.6 is 22.6 Å². The highest BCUT2D eigenvalue weighted by Crippen LogP contribution is 2.28. The number of ether oxygens (including phenoxy) is 1. The highest BCUT2D eigenvalue weighted by Gasteiger charge is 2.33. The van der Waals surface area contributed by atoms with Crippen LogP contribution in [0.4, 0.5) is 20.2 Å². The Kier molecular flexibility index (Phi) is 6.22. The van der Waals surface area contributed by atoms with E-state index in [1.807, 2.05) is 22.6 Å². The first-order chi connectivity index (χ1) is 12.9. The Labute approximate surface area is 168 Å². The average Bonchev–Trinajstić information content (AvgIpc) is 2.61. The van der Waals surface area contributed by atoms with Gasteiger partial charge in [0.15, 0.2) is 5.82 Å². The number of aliphatic hydroxyl groups excluding tert-OH is 1. The summed E-state index contributed by atoms with van der Waals surface area (Å²) in [5.41, 5.74) is 5.42. The van der Waals surface area contributed by atoms with Crippen LogP contribution < -0.4 is 11.1 Å². The molecule has 3 atom stereocenters. The van der Waals surface area contributed by atoms with Crippen LogP contribution in [0, 0.1) is 15.2 Å². The predicted molar refractivity (Wildman–Crippen MR) is 104 cm³/mol. The van der Waals surface area contributed by atoms with Crippen molar-refractivity contribution in [1.82, 2.24) is 4.98 Å². The number of halogens is 3. The monoisotopic (exact) mass is 489 g/mol. The van der Waals surface area contributed by atoms with Crippen molar-refractivity contribution in [2.24, 2.45) is 5.73 Å². The van der Waals surface area contributed by atoms with Crippen LogP contribution in [0.2, 0.25) is 0 Å². The fraction of sp³-hybridized carbons (Fsp3) is 0.333. The van der Waals surface area contributed by atoms with Crippen molar-refractivity contribution in [3.05, 3.63) is 51.4 Å². The molecule has 4 N–H and O–H groups in total. The molecular weight excluding hydrogens is 471 g/mol. The van der Waals surface area contributed by atoms with Crippen molar-refractivity contribution in [2.45, 2.75) is 37.5 Å². The molecule has 0 amide bonds. The lowest BCUT2D eigenvalue weighted by Crippen LogP contribution is -2.48. The van der Waals surface area contributed by atoms with Gasteiger partial charge in [0.05, 0.1) is 23.8 Å². The molecule has 0 unspecified atom stereocenters. The number of pyridine rings is 1. The first-order valence-electron chi connectivity index (χ1n) is 8.37. The van der Waals surface area contributed by atoms with Gasteiger partial charge < -0.3 is 20.9 Å². The molecule has 1 aromatic carbocycles. The van der Waals surface area contributed by atoms with Crippen LogP contribution in [0.25, 0.3) is 0 Å². The zero-order chi connectivity index (χ0) is 19.6. The van der Waals surface area contributed by atoms with Gasteiger partial charge in [-0.2, -0.15) is 0 Å². The number of anilines is 2. The summed E-state index contributed by atoms with van der Waals surface area (Å²) < 4.78 is 34.4. The number of hydrogen-bond donors (Lipinski definition) is 3. The topological polar surface area (TPSA) is 97.5 Å². The van der Waals surface area contributed by atoms with E-state index in [0.29, 0.717) is 22.8 Å². The Balaban J connectivity index is 1.85. The minimum atomic E-state index is -1.02. The van der Waals surface area contributed by atoms with E-state index < -0.39 is 41.4 Å². The lowest BCUT2D eigenvalue weighted by Gasteiger charge is -2.32. The number of carbonyl (C=O) groups excluding carboxylic acids is 1. The molecule has 0 bridgehead atoms. The van der Waals surface area contributed by atoms with Crippen LogP contribution in [0.1, 0.15) is 29.6 Å². The second-order valence-corrected chi connectivity index (χ2v) is 7.57. The van der Waals surface area contributed by atoms with Crippen LogP contribution in [-0.4, -0.2) is 34.3 Å². The molecule has 1 fully saturated rings. The number of aliphatic hydroxyl groups is 1. The summed E-state index contributed by atoms with van der Waals surface area (Å²) in [4.78, 5) is 16.3. The number of nitrogens with one attached hydrogen (secondary N) is 1. The lowest BCUT2D eigenvalue weighted by atomic mass is 9.90. The third-order valence-corrected chi connectivity index (χ3v) is 5.08. The van der Waals surface area contributed by atoms with Crippen molar-refractivity contribution < 1.29 is 23.4 Å². The SMILES string of the molecule is N[C@@H]1CCC[C@@H](OC(=O)c2c(F)cncc2Nc2ccc(I)cc2F)[C@H]1O. The van der Waals surface area contributed by atoms with E-state index in [2.05, 4.69) is 10.3 Å². The molecule has 1 aromatic heterocycles. The highest BCUT2D eigenvalue weighted by molar-refractivity contribution is 14.1. The molecule has 0 aliphatic heterocycles. The summed E-state index contributed by atoms with van der Waals surface area (Å²) in [6.45, 7) is 0. The Morgan fingerprint density at radius 2 is 2.04 bits per heavy atom. The smallest absolute Gasteiger partial charge is 0.343 e. The fourth-order valence-corrected chi connectivity index (χ4v) is 3.42. The molecule has 6 nitrogen and oxygen atoms in total. The summed E-state index contributed by atoms with van der Waals surface area (Å²) in [6, 6.07) is 3.93. The van der Waals surface area contributed by atoms with E-state index in [0.717, 1.165) is 6.20 Å². The van der Waals surface area contributed by atoms with Crippen molar-refractivity contribution in [2.75, 3.05) is 5.32 Å². The average molecular weight is 489 g/mol. The first kappa shape index (κ1) is 19.9. The van der Waals surface area contributed by atoms with Crippen molar-refractivity contribution >= 4 is 39.9 Å². The van der Waals surface area contributed by atoms with Gasteiger partial charge in [-0.15, -0.1) is 0 Å². The predicted octanol–water partition coefficient (Wildman–Crippen LogP) is 3.11. The third-order valence-electron chi connectivity index (χ3n) is 4.41. The quantitative estimate of drug-likeness (QED) is 0.451. The number of nitrogens with zero attached hydrogens (tertiary/aromatic N) is 1. The zero-order valence-electron chi connectivity index (χ0n) is 14.2. The number of nitrogens with two attached hydrogens (primary N) is 1. The number of carbonyl (C=O) groups is 1. The zero-order valence-corrected chi connectivity index (χ0v) is 16.3. The molecule has 1 heterocycles. The van der Waals surface area contributed by atoms with E-state index in [4.69, 9.17) is 10.5 Å². The summed E-state index contributed by atoms with van der Waals surface area (Å²) in [5.74, 6) is -2.44. The van der Waals surface area contributed by atoms with Gasteiger partial charge in [0, 0.05) is 9.61 Å². The molecule has 1 aliphatic carbocycles. The van der Waals surface area contributed by atoms with Gasteiger partial charge >= 0.3 is 5.97 Å². The second kappa shape index (κ2) is 8.44. The molecule has 1 saturated carbocycles. The normalized spacial score (nSPS) is 22.3. The van der Waals surface area contributed by atoms with E-state index in [1.165, 1.54) is 18.3 Å². The van der Waals surface area contributed by atoms with Crippen molar-refractivity contribution in [1.29, 1.82) is 0 Å². The maximum Gasteiger partial charge on any atom is 0.343 e. The van der Waals surface area contributed by atoms with Gasteiger partial charge in [-0.3, -0.25) is 4.98 Å².